The highest BCUT2D eigenvalue weighted by Gasteiger charge is 2.02. The molecular weight excluding hydrogens is 232 g/mol. The van der Waals surface area contributed by atoms with Crippen molar-refractivity contribution < 1.29 is 14.6 Å². The van der Waals surface area contributed by atoms with Crippen molar-refractivity contribution in [3.63, 3.8) is 0 Å². The molecule has 92 valence electrons. The predicted molar refractivity (Wildman–Crippen MR) is 67.2 cm³/mol. The Bertz CT molecular complexity index is 570. The van der Waals surface area contributed by atoms with Gasteiger partial charge in [-0.3, -0.25) is 0 Å². The molecular formula is C13H12N2O3. The Hall–Kier alpha value is -2.56. The molecule has 0 saturated carbocycles. The fourth-order valence-corrected chi connectivity index (χ4v) is 1.48. The number of nitrogens with zero attached hydrogens (tertiary/aromatic N) is 1. The lowest BCUT2D eigenvalue weighted by Crippen LogP contribution is -1.86. The topological polar surface area (TPSA) is 75.2 Å². The molecule has 1 aromatic heterocycles. The first-order chi connectivity index (χ1) is 8.69. The number of ether oxygens (including phenoxy) is 1. The number of hydrogen-bond acceptors (Lipinski definition) is 3. The molecule has 0 bridgehead atoms. The van der Waals surface area contributed by atoms with E-state index in [1.807, 2.05) is 24.3 Å². The van der Waals surface area contributed by atoms with Crippen LogP contribution in [0.2, 0.25) is 0 Å². The Balaban J connectivity index is 2.20. The SMILES string of the molecule is COc1ccc(-c2ncc(/C=C/C(=O)O)[nH]2)cc1. The Morgan fingerprint density at radius 1 is 1.39 bits per heavy atom. The van der Waals surface area contributed by atoms with Crippen LogP contribution in [0, 0.1) is 0 Å². The van der Waals surface area contributed by atoms with Crippen LogP contribution in [-0.2, 0) is 4.79 Å². The van der Waals surface area contributed by atoms with E-state index in [1.165, 1.54) is 6.08 Å². The second-order valence-electron chi connectivity index (χ2n) is 3.59. The molecule has 2 N–H and O–H groups in total. The standard InChI is InChI=1S/C13H12N2O3/c1-18-11-5-2-9(3-6-11)13-14-8-10(15-13)4-7-12(16)17/h2-8H,1H3,(H,14,15)(H,16,17)/b7-4+. The van der Waals surface area contributed by atoms with Crippen molar-refractivity contribution in [3.05, 3.63) is 42.2 Å². The summed E-state index contributed by atoms with van der Waals surface area (Å²) >= 11 is 0. The van der Waals surface area contributed by atoms with Gasteiger partial charge in [-0.15, -0.1) is 0 Å². The van der Waals surface area contributed by atoms with Crippen LogP contribution in [0.15, 0.2) is 36.5 Å². The number of methoxy groups -OCH3 is 1. The van der Waals surface area contributed by atoms with Gasteiger partial charge < -0.3 is 14.8 Å². The molecule has 1 aromatic carbocycles. The van der Waals surface area contributed by atoms with Gasteiger partial charge in [-0.25, -0.2) is 9.78 Å². The Labute approximate surface area is 104 Å². The number of aliphatic carboxylic acids is 1. The fraction of sp³-hybridized carbons (Fsp3) is 0.0769. The minimum absolute atomic E-state index is 0.642. The molecule has 0 aliphatic carbocycles. The van der Waals surface area contributed by atoms with E-state index in [9.17, 15) is 4.79 Å². The van der Waals surface area contributed by atoms with E-state index in [0.717, 1.165) is 17.4 Å². The maximum atomic E-state index is 10.4. The van der Waals surface area contributed by atoms with Gasteiger partial charge in [-0.2, -0.15) is 0 Å². The van der Waals surface area contributed by atoms with Gasteiger partial charge in [0.05, 0.1) is 19.0 Å². The highest BCUT2D eigenvalue weighted by Crippen LogP contribution is 2.19. The molecule has 2 rings (SSSR count). The quantitative estimate of drug-likeness (QED) is 0.808. The number of carboxylic acids is 1. The molecule has 0 unspecified atom stereocenters. The average molecular weight is 244 g/mol. The minimum atomic E-state index is -0.990. The molecule has 18 heavy (non-hydrogen) atoms. The summed E-state index contributed by atoms with van der Waals surface area (Å²) in [5, 5.41) is 8.52. The number of H-pyrrole nitrogens is 1. The van der Waals surface area contributed by atoms with E-state index in [2.05, 4.69) is 9.97 Å². The van der Waals surface area contributed by atoms with E-state index < -0.39 is 5.97 Å². The largest absolute Gasteiger partial charge is 0.497 e. The number of benzene rings is 1. The van der Waals surface area contributed by atoms with Crippen molar-refractivity contribution in [1.29, 1.82) is 0 Å². The van der Waals surface area contributed by atoms with Crippen LogP contribution < -0.4 is 4.74 Å². The molecule has 5 nitrogen and oxygen atoms in total. The van der Waals surface area contributed by atoms with E-state index >= 15 is 0 Å². The average Bonchev–Trinajstić information content (AvgIpc) is 2.85. The summed E-state index contributed by atoms with van der Waals surface area (Å²) in [5.41, 5.74) is 1.55. The van der Waals surface area contributed by atoms with Crippen LogP contribution in [0.4, 0.5) is 0 Å². The third-order valence-electron chi connectivity index (χ3n) is 2.36. The van der Waals surface area contributed by atoms with Gasteiger partial charge in [0.25, 0.3) is 0 Å². The normalized spacial score (nSPS) is 10.7. The van der Waals surface area contributed by atoms with Crippen molar-refractivity contribution in [3.8, 4) is 17.1 Å². The molecule has 0 atom stereocenters. The van der Waals surface area contributed by atoms with Gasteiger partial charge in [-0.05, 0) is 30.3 Å². The first kappa shape index (κ1) is 11.9. The van der Waals surface area contributed by atoms with Gasteiger partial charge in [0.2, 0.25) is 0 Å². The summed E-state index contributed by atoms with van der Waals surface area (Å²) in [6.07, 6.45) is 4.10. The number of carboxylic acid groups (broad SMARTS) is 1. The number of aromatic amines is 1. The summed E-state index contributed by atoms with van der Waals surface area (Å²) in [4.78, 5) is 17.6. The van der Waals surface area contributed by atoms with Crippen LogP contribution in [0.5, 0.6) is 5.75 Å². The number of aromatic nitrogens is 2. The summed E-state index contributed by atoms with van der Waals surface area (Å²) in [7, 11) is 1.61. The first-order valence-electron chi connectivity index (χ1n) is 5.29. The lowest BCUT2D eigenvalue weighted by molar-refractivity contribution is -0.131. The van der Waals surface area contributed by atoms with Crippen LogP contribution in [0.25, 0.3) is 17.5 Å². The summed E-state index contributed by atoms with van der Waals surface area (Å²) in [5.74, 6) is 0.467. The van der Waals surface area contributed by atoms with Gasteiger partial charge in [0.15, 0.2) is 0 Å². The maximum absolute atomic E-state index is 10.4. The zero-order valence-electron chi connectivity index (χ0n) is 9.75. The van der Waals surface area contributed by atoms with Crippen molar-refractivity contribution in [2.45, 2.75) is 0 Å². The second kappa shape index (κ2) is 5.18. The maximum Gasteiger partial charge on any atom is 0.328 e. The Morgan fingerprint density at radius 2 is 2.11 bits per heavy atom. The molecule has 0 radical (unpaired) electrons. The zero-order chi connectivity index (χ0) is 13.0. The van der Waals surface area contributed by atoms with Gasteiger partial charge in [0, 0.05) is 11.6 Å². The molecule has 0 saturated heterocycles. The van der Waals surface area contributed by atoms with Gasteiger partial charge in [-0.1, -0.05) is 0 Å². The van der Waals surface area contributed by atoms with Crippen molar-refractivity contribution >= 4 is 12.0 Å². The molecule has 0 aliphatic heterocycles. The van der Waals surface area contributed by atoms with E-state index in [-0.39, 0.29) is 0 Å². The molecule has 0 spiro atoms. The van der Waals surface area contributed by atoms with Gasteiger partial charge >= 0.3 is 5.97 Å². The fourth-order valence-electron chi connectivity index (χ4n) is 1.48. The second-order valence-corrected chi connectivity index (χ2v) is 3.59. The number of carbonyl (C=O) groups is 1. The zero-order valence-corrected chi connectivity index (χ0v) is 9.75. The lowest BCUT2D eigenvalue weighted by Gasteiger charge is -2.00. The molecule has 1 heterocycles. The number of imidazole rings is 1. The highest BCUT2D eigenvalue weighted by atomic mass is 16.5. The molecule has 0 fully saturated rings. The van der Waals surface area contributed by atoms with E-state index in [4.69, 9.17) is 9.84 Å². The third-order valence-corrected chi connectivity index (χ3v) is 2.36. The van der Waals surface area contributed by atoms with Crippen molar-refractivity contribution in [2.75, 3.05) is 7.11 Å². The highest BCUT2D eigenvalue weighted by molar-refractivity contribution is 5.84. The monoisotopic (exact) mass is 244 g/mol. The number of rotatable bonds is 4. The number of nitrogens with one attached hydrogen (secondary N) is 1. The predicted octanol–water partition coefficient (Wildman–Crippen LogP) is 2.18. The first-order valence-corrected chi connectivity index (χ1v) is 5.29. The summed E-state index contributed by atoms with van der Waals surface area (Å²) < 4.78 is 5.07. The van der Waals surface area contributed by atoms with Crippen molar-refractivity contribution in [1.82, 2.24) is 9.97 Å². The Kier molecular flexibility index (Phi) is 3.43. The molecule has 0 aliphatic rings. The van der Waals surface area contributed by atoms with Crippen molar-refractivity contribution in [2.24, 2.45) is 0 Å². The molecule has 5 heteroatoms. The molecule has 2 aromatic rings. The minimum Gasteiger partial charge on any atom is -0.497 e. The van der Waals surface area contributed by atoms with Gasteiger partial charge in [0.1, 0.15) is 11.6 Å². The Morgan fingerprint density at radius 3 is 2.72 bits per heavy atom. The van der Waals surface area contributed by atoms with Crippen LogP contribution in [-0.4, -0.2) is 28.2 Å². The van der Waals surface area contributed by atoms with Crippen LogP contribution in [0.1, 0.15) is 5.69 Å². The summed E-state index contributed by atoms with van der Waals surface area (Å²) in [6, 6.07) is 7.43. The van der Waals surface area contributed by atoms with E-state index in [0.29, 0.717) is 11.5 Å². The molecule has 0 amide bonds. The van der Waals surface area contributed by atoms with Crippen LogP contribution in [0.3, 0.4) is 0 Å². The van der Waals surface area contributed by atoms with E-state index in [1.54, 1.807) is 13.3 Å². The number of hydrogen-bond donors (Lipinski definition) is 2. The lowest BCUT2D eigenvalue weighted by atomic mass is 10.2. The third kappa shape index (κ3) is 2.76. The smallest absolute Gasteiger partial charge is 0.328 e. The van der Waals surface area contributed by atoms with Crippen LogP contribution >= 0.6 is 0 Å². The summed E-state index contributed by atoms with van der Waals surface area (Å²) in [6.45, 7) is 0.